The van der Waals surface area contributed by atoms with Crippen LogP contribution < -0.4 is 10.6 Å². The Bertz CT molecular complexity index is 1620. The molecular formula is C57H108N2O23. The van der Waals surface area contributed by atoms with Gasteiger partial charge in [-0.3, -0.25) is 24.0 Å². The number of hydrogen-bond acceptors (Lipinski definition) is 23. The molecule has 0 aromatic carbocycles. The first-order chi connectivity index (χ1) is 37.5. The number of amides is 2. The second kappa shape index (κ2) is 41.3. The Morgan fingerprint density at radius 1 is 0.451 bits per heavy atom. The minimum absolute atomic E-state index is 0. The van der Waals surface area contributed by atoms with Gasteiger partial charge in [0.05, 0.1) is 58.0 Å². The van der Waals surface area contributed by atoms with Crippen LogP contribution in [0.4, 0.5) is 0 Å². The number of Topliss-reactive ketones (excluding diaryl/α,β-unsaturated/α-hetero) is 3. The molecule has 484 valence electrons. The summed E-state index contributed by atoms with van der Waals surface area (Å²) < 4.78 is 51.9. The topological polar surface area (TPSA) is 375 Å². The minimum atomic E-state index is -1.55. The molecule has 82 heavy (non-hydrogen) atoms. The molecular weight excluding hydrogens is 1080 g/mol. The first-order valence-corrected chi connectivity index (χ1v) is 28.0. The highest BCUT2D eigenvalue weighted by atomic mass is 16.7. The summed E-state index contributed by atoms with van der Waals surface area (Å²) in [6, 6.07) is 0. The smallest absolute Gasteiger partial charge is 0.220 e. The normalized spacial score (nSPS) is 29.0. The predicted octanol–water partition coefficient (Wildman–Crippen LogP) is 1.02. The van der Waals surface area contributed by atoms with Crippen LogP contribution >= 0.6 is 0 Å². The maximum absolute atomic E-state index is 13.7. The third-order valence-electron chi connectivity index (χ3n) is 14.3. The maximum Gasteiger partial charge on any atom is 0.220 e. The third-order valence-corrected chi connectivity index (χ3v) is 14.3. The summed E-state index contributed by atoms with van der Waals surface area (Å²) in [6.07, 6.45) is -9.46. The van der Waals surface area contributed by atoms with Gasteiger partial charge in [0.1, 0.15) is 62.0 Å². The molecule has 0 aromatic rings. The summed E-state index contributed by atoms with van der Waals surface area (Å²) in [7, 11) is 0. The van der Waals surface area contributed by atoms with E-state index in [1.54, 1.807) is 20.8 Å². The van der Waals surface area contributed by atoms with E-state index < -0.39 is 143 Å². The van der Waals surface area contributed by atoms with Gasteiger partial charge in [-0.25, -0.2) is 0 Å². The van der Waals surface area contributed by atoms with Crippen molar-refractivity contribution >= 4 is 29.2 Å². The highest BCUT2D eigenvalue weighted by Gasteiger charge is 2.45. The Morgan fingerprint density at radius 3 is 1.07 bits per heavy atom. The summed E-state index contributed by atoms with van der Waals surface area (Å²) in [5, 5.41) is 95.8. The van der Waals surface area contributed by atoms with Gasteiger partial charge in [-0.05, 0) is 56.8 Å². The zero-order valence-corrected chi connectivity index (χ0v) is 47.3. The number of rotatable bonds is 40. The monoisotopic (exact) mass is 1190 g/mol. The van der Waals surface area contributed by atoms with Crippen molar-refractivity contribution in [2.45, 2.75) is 227 Å². The number of aliphatic hydroxyl groups excluding tert-OH is 9. The van der Waals surface area contributed by atoms with E-state index in [1.165, 1.54) is 0 Å². The fourth-order valence-electron chi connectivity index (χ4n) is 9.07. The van der Waals surface area contributed by atoms with Crippen LogP contribution in [-0.4, -0.2) is 240 Å². The van der Waals surface area contributed by atoms with Crippen LogP contribution in [0.1, 0.15) is 147 Å². The van der Waals surface area contributed by atoms with Crippen molar-refractivity contribution < 1.29 is 113 Å². The molecule has 2 amide bonds. The van der Waals surface area contributed by atoms with Gasteiger partial charge in [-0.1, -0.05) is 63.8 Å². The largest absolute Gasteiger partial charge is 0.394 e. The molecule has 0 radical (unpaired) electrons. The van der Waals surface area contributed by atoms with Gasteiger partial charge in [0.25, 0.3) is 0 Å². The number of ketones is 3. The zero-order chi connectivity index (χ0) is 58.7. The van der Waals surface area contributed by atoms with Gasteiger partial charge in [0, 0.05) is 76.2 Å². The molecule has 3 aliphatic rings. The predicted molar refractivity (Wildman–Crippen MR) is 300 cm³/mol. The number of aliphatic hydroxyl groups is 9. The fraction of sp³-hybridized carbons (Fsp3) is 0.912. The number of unbranched alkanes of at least 4 members (excludes halogenated alkanes) is 3. The Labute approximate surface area is 486 Å². The number of nitrogens with one attached hydrogen (secondary N) is 2. The van der Waals surface area contributed by atoms with E-state index in [0.29, 0.717) is 45.1 Å². The lowest BCUT2D eigenvalue weighted by molar-refractivity contribution is -0.282. The molecule has 3 rings (SSSR count). The van der Waals surface area contributed by atoms with E-state index in [1.807, 2.05) is 0 Å². The van der Waals surface area contributed by atoms with Crippen LogP contribution in [0, 0.1) is 23.2 Å². The van der Waals surface area contributed by atoms with Gasteiger partial charge in [-0.15, -0.1) is 0 Å². The molecule has 3 aliphatic heterocycles. The molecule has 3 fully saturated rings. The van der Waals surface area contributed by atoms with Crippen molar-refractivity contribution in [3.05, 3.63) is 0 Å². The molecule has 3 saturated heterocycles. The fourth-order valence-corrected chi connectivity index (χ4v) is 9.07. The van der Waals surface area contributed by atoms with Crippen LogP contribution in [0.15, 0.2) is 0 Å². The highest BCUT2D eigenvalue weighted by Crippen LogP contribution is 2.30. The minimum Gasteiger partial charge on any atom is -0.394 e. The van der Waals surface area contributed by atoms with E-state index in [-0.39, 0.29) is 129 Å². The van der Waals surface area contributed by atoms with E-state index in [4.69, 9.17) is 42.6 Å². The van der Waals surface area contributed by atoms with Crippen molar-refractivity contribution in [3.63, 3.8) is 0 Å². The second-order valence-electron chi connectivity index (χ2n) is 22.6. The SMILES string of the molecule is C.C.C.CC1[C@H](OCCCCC(=O)COCC(COCC(=O)CCCCO[C@@H]2OC(CO)[C@H](O)[C@H](O)C2C)(COCC(=O)CCCCO[C@@H]2OC(CO)[C@H](O)[C@H](O)C2C)NC(=O)CCCC(=O)NCCC(C)(C)C)OC(CO)[C@H](O)[C@@H]1O. The van der Waals surface area contributed by atoms with E-state index in [2.05, 4.69) is 31.4 Å². The molecule has 6 unspecified atom stereocenters. The lowest BCUT2D eigenvalue weighted by atomic mass is 9.92. The first-order valence-electron chi connectivity index (χ1n) is 28.0. The average Bonchev–Trinajstić information content (AvgIpc) is 3.44. The van der Waals surface area contributed by atoms with Gasteiger partial charge >= 0.3 is 0 Å². The molecule has 0 bridgehead atoms. The maximum atomic E-state index is 13.7. The van der Waals surface area contributed by atoms with Gasteiger partial charge in [0.15, 0.2) is 36.2 Å². The van der Waals surface area contributed by atoms with Crippen LogP contribution in [0.2, 0.25) is 0 Å². The zero-order valence-electron chi connectivity index (χ0n) is 47.3. The van der Waals surface area contributed by atoms with Crippen molar-refractivity contribution in [2.24, 2.45) is 23.2 Å². The van der Waals surface area contributed by atoms with Crippen molar-refractivity contribution in [3.8, 4) is 0 Å². The average molecular weight is 1190 g/mol. The van der Waals surface area contributed by atoms with Crippen LogP contribution in [0.3, 0.4) is 0 Å². The Hall–Kier alpha value is -2.77. The number of hydrogen-bond donors (Lipinski definition) is 11. The molecule has 25 heteroatoms. The Kier molecular flexibility index (Phi) is 40.0. The standard InChI is InChI=1S/C54H96N2O23.3CH4/c1-33-44(65)47(68)39(24-57)77-50(33)74-21-10-7-14-36(60)27-71-30-54(56-43(64)18-13-17-42(63)55-20-19-53(4,5)6,31-72-28-37(61)15-8-11-22-75-51-34(2)45(66)48(69)40(25-58)78-51)32-73-29-38(62)16-9-12-23-76-52-35(3)46(67)49(70)41(26-59)79-52;;;/h33-35,39-41,44-52,57-59,65-70H,7-32H2,1-6H3,(H,55,63)(H,56,64);3*1H4/t33?,34?,35?,39?,40?,41?,44-,45-,46-,47+,48+,49+,50-,51-,52-,54?;;;/m1.../s1. The lowest BCUT2D eigenvalue weighted by Gasteiger charge is -2.40. The summed E-state index contributed by atoms with van der Waals surface area (Å²) in [5.74, 6) is -3.36. The van der Waals surface area contributed by atoms with Crippen LogP contribution in [0.5, 0.6) is 0 Å². The first kappa shape index (κ1) is 79.2. The van der Waals surface area contributed by atoms with E-state index >= 15 is 0 Å². The molecule has 0 saturated carbocycles. The second-order valence-corrected chi connectivity index (χ2v) is 22.6. The van der Waals surface area contributed by atoms with Gasteiger partial charge in [-0.2, -0.15) is 0 Å². The Morgan fingerprint density at radius 2 is 0.768 bits per heavy atom. The summed E-state index contributed by atoms with van der Waals surface area (Å²) in [6.45, 7) is 8.26. The third kappa shape index (κ3) is 28.2. The van der Waals surface area contributed by atoms with Crippen LogP contribution in [-0.2, 0) is 66.6 Å². The summed E-state index contributed by atoms with van der Waals surface area (Å²) in [5.41, 5.74) is -1.54. The summed E-state index contributed by atoms with van der Waals surface area (Å²) >= 11 is 0. The van der Waals surface area contributed by atoms with E-state index in [9.17, 15) is 69.9 Å². The van der Waals surface area contributed by atoms with Crippen LogP contribution in [0.25, 0.3) is 0 Å². The quantitative estimate of drug-likeness (QED) is 0.0382. The molecule has 0 aromatic heterocycles. The highest BCUT2D eigenvalue weighted by molar-refractivity contribution is 5.81. The van der Waals surface area contributed by atoms with E-state index in [0.717, 1.165) is 6.42 Å². The molecule has 11 N–H and O–H groups in total. The van der Waals surface area contributed by atoms with Crippen molar-refractivity contribution in [2.75, 3.05) is 85.8 Å². The molecule has 0 aliphatic carbocycles. The molecule has 0 spiro atoms. The van der Waals surface area contributed by atoms with Gasteiger partial charge < -0.3 is 99.2 Å². The molecule has 3 heterocycles. The van der Waals surface area contributed by atoms with Gasteiger partial charge in [0.2, 0.25) is 11.8 Å². The van der Waals surface area contributed by atoms with Crippen molar-refractivity contribution in [1.29, 1.82) is 0 Å². The number of carbonyl (C=O) groups excluding carboxylic acids is 5. The molecule has 25 nitrogen and oxygen atoms in total. The van der Waals surface area contributed by atoms with Crippen molar-refractivity contribution in [1.82, 2.24) is 10.6 Å². The number of ether oxygens (including phenoxy) is 9. The lowest BCUT2D eigenvalue weighted by Crippen LogP contribution is -2.59. The Balaban J connectivity index is 0.0000219. The molecule has 15 atom stereocenters. The number of carbonyl (C=O) groups is 5. The summed E-state index contributed by atoms with van der Waals surface area (Å²) in [4.78, 5) is 65.7.